The van der Waals surface area contributed by atoms with E-state index in [-0.39, 0.29) is 22.4 Å². The Bertz CT molecular complexity index is 2010. The second kappa shape index (κ2) is 13.4. The molecule has 2 atom stereocenters. The summed E-state index contributed by atoms with van der Waals surface area (Å²) in [6, 6.07) is 31.9. The molecule has 7 nitrogen and oxygen atoms in total. The minimum Gasteiger partial charge on any atom is -0.400 e. The van der Waals surface area contributed by atoms with E-state index >= 15 is 4.39 Å². The zero-order valence-corrected chi connectivity index (χ0v) is 30.1. The van der Waals surface area contributed by atoms with Crippen LogP contribution in [0.1, 0.15) is 68.4 Å². The van der Waals surface area contributed by atoms with Crippen molar-refractivity contribution < 1.29 is 13.6 Å². The van der Waals surface area contributed by atoms with Crippen LogP contribution in [0.3, 0.4) is 0 Å². The van der Waals surface area contributed by atoms with Crippen LogP contribution >= 0.6 is 11.6 Å². The van der Waals surface area contributed by atoms with Gasteiger partial charge in [0.2, 0.25) is 0 Å². The van der Waals surface area contributed by atoms with Crippen LogP contribution in [0.25, 0.3) is 0 Å². The summed E-state index contributed by atoms with van der Waals surface area (Å²) >= 11 is 6.61. The number of carbonyl (C=O) groups excluding carboxylic acids is 1. The molecule has 4 aromatic carbocycles. The molecule has 0 fully saturated rings. The number of hydrogen-bond donors (Lipinski definition) is 0. The lowest BCUT2D eigenvalue weighted by atomic mass is 9.82. The smallest absolute Gasteiger partial charge is 0.348 e. The standard InChI is InChI=1S/C39H40ClFN4O3Si/c1-7-43-33(25-48-49(39(4,5)6,27-17-10-8-11-18-27)28-19-12-9-13-20-28)42-45(38(43)47)36-34(26(2)3)29-21-14-15-22-30(29)37(46)44(36)35-31(40)23-16-24-32(35)41/h8-24,34,36H,2,7,25H2,1,3-6H3. The number of carbonyl (C=O) groups is 1. The summed E-state index contributed by atoms with van der Waals surface area (Å²) in [4.78, 5) is 30.0. The summed E-state index contributed by atoms with van der Waals surface area (Å²) in [5, 5.41) is 6.83. The van der Waals surface area contributed by atoms with Gasteiger partial charge in [0.25, 0.3) is 14.2 Å². The summed E-state index contributed by atoms with van der Waals surface area (Å²) in [5.41, 5.74) is 1.15. The fourth-order valence-electron chi connectivity index (χ4n) is 7.23. The third-order valence-electron chi connectivity index (χ3n) is 9.38. The molecule has 252 valence electrons. The van der Waals surface area contributed by atoms with Gasteiger partial charge < -0.3 is 4.43 Å². The van der Waals surface area contributed by atoms with Crippen LogP contribution in [0.2, 0.25) is 10.1 Å². The van der Waals surface area contributed by atoms with E-state index in [4.69, 9.17) is 21.1 Å². The molecule has 10 heteroatoms. The van der Waals surface area contributed by atoms with Gasteiger partial charge >= 0.3 is 5.69 Å². The van der Waals surface area contributed by atoms with E-state index in [0.717, 1.165) is 10.4 Å². The number of anilines is 1. The number of amides is 1. The Hall–Kier alpha value is -4.57. The summed E-state index contributed by atoms with van der Waals surface area (Å²) in [5.74, 6) is -1.39. The van der Waals surface area contributed by atoms with E-state index in [1.54, 1.807) is 16.7 Å². The molecule has 0 spiro atoms. The molecule has 1 aromatic heterocycles. The fourth-order valence-corrected chi connectivity index (χ4v) is 12.0. The maximum atomic E-state index is 15.7. The van der Waals surface area contributed by atoms with Crippen molar-refractivity contribution in [2.24, 2.45) is 0 Å². The minimum atomic E-state index is -3.00. The lowest BCUT2D eigenvalue weighted by Crippen LogP contribution is -2.66. The molecular weight excluding hydrogens is 655 g/mol. The maximum absolute atomic E-state index is 15.7. The van der Waals surface area contributed by atoms with Gasteiger partial charge in [0.1, 0.15) is 17.7 Å². The highest BCUT2D eigenvalue weighted by molar-refractivity contribution is 6.99. The van der Waals surface area contributed by atoms with Crippen LogP contribution in [0.5, 0.6) is 0 Å². The number of fused-ring (bicyclic) bond motifs is 1. The van der Waals surface area contributed by atoms with Crippen molar-refractivity contribution in [3.8, 4) is 0 Å². The first-order chi connectivity index (χ1) is 23.4. The quantitative estimate of drug-likeness (QED) is 0.119. The Morgan fingerprint density at radius 1 is 0.918 bits per heavy atom. The predicted octanol–water partition coefficient (Wildman–Crippen LogP) is 7.45. The van der Waals surface area contributed by atoms with Gasteiger partial charge in [0.15, 0.2) is 5.82 Å². The minimum absolute atomic E-state index is 0.0266. The van der Waals surface area contributed by atoms with E-state index in [0.29, 0.717) is 29.1 Å². The first kappa shape index (κ1) is 34.3. The molecule has 49 heavy (non-hydrogen) atoms. The summed E-state index contributed by atoms with van der Waals surface area (Å²) in [7, 11) is -3.00. The molecule has 0 radical (unpaired) electrons. The average Bonchev–Trinajstić information content (AvgIpc) is 3.40. The summed E-state index contributed by atoms with van der Waals surface area (Å²) < 4.78 is 25.7. The Balaban J connectivity index is 1.54. The molecule has 1 amide bonds. The lowest BCUT2D eigenvalue weighted by Gasteiger charge is -2.43. The molecule has 1 aliphatic heterocycles. The normalized spacial score (nSPS) is 16.5. The average molecular weight is 695 g/mol. The highest BCUT2D eigenvalue weighted by Crippen LogP contribution is 2.47. The SMILES string of the molecule is C=C(C)C1c2ccccc2C(=O)N(c2c(F)cccc2Cl)C1n1nc(CO[Si](c2ccccc2)(c2ccccc2)C(C)(C)C)n(CC)c1=O. The van der Waals surface area contributed by atoms with E-state index in [2.05, 4.69) is 51.6 Å². The molecule has 6 rings (SSSR count). The van der Waals surface area contributed by atoms with Crippen molar-refractivity contribution in [3.63, 3.8) is 0 Å². The lowest BCUT2D eigenvalue weighted by molar-refractivity contribution is 0.0941. The number of para-hydroxylation sites is 1. The molecule has 0 saturated carbocycles. The molecule has 0 saturated heterocycles. The number of benzene rings is 4. The van der Waals surface area contributed by atoms with Crippen molar-refractivity contribution in [1.29, 1.82) is 0 Å². The Morgan fingerprint density at radius 2 is 1.51 bits per heavy atom. The van der Waals surface area contributed by atoms with Crippen molar-refractivity contribution in [2.75, 3.05) is 4.90 Å². The highest BCUT2D eigenvalue weighted by Gasteiger charge is 2.51. The molecule has 0 N–H and O–H groups in total. The molecule has 1 aliphatic rings. The van der Waals surface area contributed by atoms with Crippen molar-refractivity contribution >= 4 is 41.9 Å². The fraction of sp³-hybridized carbons (Fsp3) is 0.256. The van der Waals surface area contributed by atoms with Crippen LogP contribution in [0, 0.1) is 5.82 Å². The Labute approximate surface area is 292 Å². The van der Waals surface area contributed by atoms with Crippen LogP contribution in [0.4, 0.5) is 10.1 Å². The number of nitrogens with zero attached hydrogens (tertiary/aromatic N) is 4. The number of aromatic nitrogens is 3. The van der Waals surface area contributed by atoms with Gasteiger partial charge in [0.05, 0.1) is 11.6 Å². The Kier molecular flexibility index (Phi) is 9.37. The maximum Gasteiger partial charge on any atom is 0.348 e. The zero-order valence-electron chi connectivity index (χ0n) is 28.4. The van der Waals surface area contributed by atoms with Crippen LogP contribution in [-0.4, -0.2) is 28.6 Å². The van der Waals surface area contributed by atoms with Crippen molar-refractivity contribution in [1.82, 2.24) is 14.3 Å². The van der Waals surface area contributed by atoms with E-state index < -0.39 is 37.8 Å². The third-order valence-corrected chi connectivity index (χ3v) is 14.7. The molecule has 0 aliphatic carbocycles. The molecule has 0 bridgehead atoms. The van der Waals surface area contributed by atoms with Crippen LogP contribution in [0.15, 0.2) is 120 Å². The second-order valence-electron chi connectivity index (χ2n) is 13.4. The second-order valence-corrected chi connectivity index (χ2v) is 18.1. The highest BCUT2D eigenvalue weighted by atomic mass is 35.5. The Morgan fingerprint density at radius 3 is 2.06 bits per heavy atom. The molecular formula is C39H40ClFN4O3Si. The number of hydrogen-bond acceptors (Lipinski definition) is 4. The monoisotopic (exact) mass is 694 g/mol. The predicted molar refractivity (Wildman–Crippen MR) is 196 cm³/mol. The topological polar surface area (TPSA) is 69.4 Å². The zero-order chi connectivity index (χ0) is 35.1. The summed E-state index contributed by atoms with van der Waals surface area (Å²) in [6.45, 7) is 14.8. The van der Waals surface area contributed by atoms with Crippen LogP contribution < -0.4 is 21.0 Å². The van der Waals surface area contributed by atoms with Gasteiger partial charge in [0, 0.05) is 18.0 Å². The van der Waals surface area contributed by atoms with Gasteiger partial charge in [-0.25, -0.2) is 9.18 Å². The first-order valence-corrected chi connectivity index (χ1v) is 18.7. The first-order valence-electron chi connectivity index (χ1n) is 16.4. The van der Waals surface area contributed by atoms with Gasteiger partial charge in [-0.15, -0.1) is 0 Å². The van der Waals surface area contributed by atoms with Crippen molar-refractivity contribution in [3.05, 3.63) is 154 Å². The molecule has 2 unspecified atom stereocenters. The molecule has 2 heterocycles. The van der Waals surface area contributed by atoms with Gasteiger partial charge in [-0.2, -0.15) is 9.78 Å². The number of halogens is 2. The van der Waals surface area contributed by atoms with Gasteiger partial charge in [-0.05, 0) is 53.0 Å². The summed E-state index contributed by atoms with van der Waals surface area (Å²) in [6.07, 6.45) is -1.10. The van der Waals surface area contributed by atoms with E-state index in [1.807, 2.05) is 62.4 Å². The van der Waals surface area contributed by atoms with Gasteiger partial charge in [-0.3, -0.25) is 14.3 Å². The largest absolute Gasteiger partial charge is 0.400 e. The third kappa shape index (κ3) is 5.79. The number of rotatable bonds is 9. The van der Waals surface area contributed by atoms with Gasteiger partial charge in [-0.1, -0.05) is 129 Å². The van der Waals surface area contributed by atoms with Crippen molar-refractivity contribution in [2.45, 2.75) is 64.9 Å². The van der Waals surface area contributed by atoms with Crippen LogP contribution in [-0.2, 0) is 17.6 Å². The van der Waals surface area contributed by atoms with E-state index in [1.165, 1.54) is 27.8 Å². The van der Waals surface area contributed by atoms with E-state index in [9.17, 15) is 9.59 Å². The molecule has 5 aromatic rings.